The Morgan fingerprint density at radius 1 is 1.42 bits per heavy atom. The summed E-state index contributed by atoms with van der Waals surface area (Å²) in [4.78, 5) is 13.7. The molecule has 0 aliphatic rings. The van der Waals surface area contributed by atoms with Crippen LogP contribution in [-0.4, -0.2) is 37.0 Å². The number of nitrogens with two attached hydrogens (primary N) is 1. The maximum absolute atomic E-state index is 11.6. The molecule has 19 heavy (non-hydrogen) atoms. The average molecular weight is 284 g/mol. The number of likely N-dealkylation sites (N-methyl/N-ethyl adjacent to an activating group) is 1. The van der Waals surface area contributed by atoms with E-state index in [1.807, 2.05) is 38.2 Å². The van der Waals surface area contributed by atoms with Crippen LogP contribution in [0.2, 0.25) is 5.02 Å². The first-order valence-electron chi connectivity index (χ1n) is 6.48. The Balaban J connectivity index is 2.55. The van der Waals surface area contributed by atoms with Gasteiger partial charge in [-0.2, -0.15) is 0 Å². The van der Waals surface area contributed by atoms with Gasteiger partial charge in [0.2, 0.25) is 5.91 Å². The van der Waals surface area contributed by atoms with Crippen LogP contribution in [0.25, 0.3) is 0 Å². The highest BCUT2D eigenvalue weighted by molar-refractivity contribution is 6.30. The summed E-state index contributed by atoms with van der Waals surface area (Å²) in [7, 11) is 1.98. The van der Waals surface area contributed by atoms with Crippen LogP contribution in [-0.2, 0) is 11.3 Å². The predicted octanol–water partition coefficient (Wildman–Crippen LogP) is 1.63. The van der Waals surface area contributed by atoms with Crippen molar-refractivity contribution in [2.24, 2.45) is 5.73 Å². The standard InChI is InChI=1S/C14H22ClN3O/c1-3-17-14(19)8-13(9-16)18(2)10-11-4-6-12(15)7-5-11/h4-7,13H,3,8-10,16H2,1-2H3,(H,17,19). The molecule has 0 heterocycles. The van der Waals surface area contributed by atoms with E-state index in [4.69, 9.17) is 17.3 Å². The summed E-state index contributed by atoms with van der Waals surface area (Å²) in [6.45, 7) is 3.77. The number of hydrogen-bond donors (Lipinski definition) is 2. The van der Waals surface area contributed by atoms with Gasteiger partial charge in [0.25, 0.3) is 0 Å². The van der Waals surface area contributed by atoms with Crippen LogP contribution in [0, 0.1) is 0 Å². The van der Waals surface area contributed by atoms with Crippen molar-refractivity contribution in [3.63, 3.8) is 0 Å². The van der Waals surface area contributed by atoms with Gasteiger partial charge in [-0.05, 0) is 31.7 Å². The van der Waals surface area contributed by atoms with E-state index >= 15 is 0 Å². The van der Waals surface area contributed by atoms with Gasteiger partial charge in [-0.25, -0.2) is 0 Å². The zero-order valence-electron chi connectivity index (χ0n) is 11.5. The molecule has 1 rings (SSSR count). The molecule has 4 nitrogen and oxygen atoms in total. The monoisotopic (exact) mass is 283 g/mol. The molecule has 0 aliphatic carbocycles. The Hall–Kier alpha value is -1.10. The third kappa shape index (κ3) is 5.59. The topological polar surface area (TPSA) is 58.4 Å². The van der Waals surface area contributed by atoms with E-state index in [1.54, 1.807) is 0 Å². The van der Waals surface area contributed by atoms with Crippen LogP contribution in [0.3, 0.4) is 0 Å². The Morgan fingerprint density at radius 2 is 2.05 bits per heavy atom. The van der Waals surface area contributed by atoms with Crippen LogP contribution >= 0.6 is 11.6 Å². The summed E-state index contributed by atoms with van der Waals surface area (Å²) in [6, 6.07) is 7.75. The van der Waals surface area contributed by atoms with Crippen LogP contribution < -0.4 is 11.1 Å². The third-order valence-corrected chi connectivity index (χ3v) is 3.29. The molecule has 1 aromatic rings. The van der Waals surface area contributed by atoms with Crippen molar-refractivity contribution in [1.29, 1.82) is 0 Å². The molecular formula is C14H22ClN3O. The number of carbonyl (C=O) groups is 1. The second-order valence-electron chi connectivity index (χ2n) is 4.59. The molecule has 1 atom stereocenters. The van der Waals surface area contributed by atoms with Crippen LogP contribution in [0.4, 0.5) is 0 Å². The maximum atomic E-state index is 11.6. The fraction of sp³-hybridized carbons (Fsp3) is 0.500. The number of amides is 1. The van der Waals surface area contributed by atoms with Gasteiger partial charge < -0.3 is 11.1 Å². The lowest BCUT2D eigenvalue weighted by Crippen LogP contribution is -2.41. The van der Waals surface area contributed by atoms with Gasteiger partial charge in [0.05, 0.1) is 0 Å². The molecular weight excluding hydrogens is 262 g/mol. The van der Waals surface area contributed by atoms with Gasteiger partial charge in [-0.15, -0.1) is 0 Å². The van der Waals surface area contributed by atoms with Gasteiger partial charge in [0, 0.05) is 37.1 Å². The largest absolute Gasteiger partial charge is 0.356 e. The molecule has 5 heteroatoms. The summed E-state index contributed by atoms with van der Waals surface area (Å²) in [5.74, 6) is 0.0425. The smallest absolute Gasteiger partial charge is 0.221 e. The molecule has 0 bridgehead atoms. The van der Waals surface area contributed by atoms with Gasteiger partial charge in [0.1, 0.15) is 0 Å². The number of halogens is 1. The highest BCUT2D eigenvalue weighted by Gasteiger charge is 2.16. The van der Waals surface area contributed by atoms with Crippen molar-refractivity contribution in [1.82, 2.24) is 10.2 Å². The first-order valence-corrected chi connectivity index (χ1v) is 6.86. The molecule has 0 fully saturated rings. The molecule has 1 amide bonds. The zero-order chi connectivity index (χ0) is 14.3. The van der Waals surface area contributed by atoms with Gasteiger partial charge >= 0.3 is 0 Å². The zero-order valence-corrected chi connectivity index (χ0v) is 12.3. The Morgan fingerprint density at radius 3 is 2.58 bits per heavy atom. The lowest BCUT2D eigenvalue weighted by Gasteiger charge is -2.26. The third-order valence-electron chi connectivity index (χ3n) is 3.04. The predicted molar refractivity (Wildman–Crippen MR) is 79.1 cm³/mol. The molecule has 1 unspecified atom stereocenters. The van der Waals surface area contributed by atoms with E-state index in [0.717, 1.165) is 17.1 Å². The molecule has 0 spiro atoms. The van der Waals surface area contributed by atoms with Crippen molar-refractivity contribution in [3.05, 3.63) is 34.9 Å². The lowest BCUT2D eigenvalue weighted by molar-refractivity contribution is -0.122. The fourth-order valence-electron chi connectivity index (χ4n) is 1.91. The lowest BCUT2D eigenvalue weighted by atomic mass is 10.1. The molecule has 0 radical (unpaired) electrons. The molecule has 0 aromatic heterocycles. The van der Waals surface area contributed by atoms with Crippen LogP contribution in [0.5, 0.6) is 0 Å². The van der Waals surface area contributed by atoms with Gasteiger partial charge in [0.15, 0.2) is 0 Å². The van der Waals surface area contributed by atoms with E-state index in [0.29, 0.717) is 19.5 Å². The van der Waals surface area contributed by atoms with E-state index in [9.17, 15) is 4.79 Å². The molecule has 0 saturated carbocycles. The summed E-state index contributed by atoms with van der Waals surface area (Å²) in [6.07, 6.45) is 0.425. The minimum absolute atomic E-state index is 0.0425. The summed E-state index contributed by atoms with van der Waals surface area (Å²) >= 11 is 5.86. The van der Waals surface area contributed by atoms with E-state index in [1.165, 1.54) is 0 Å². The number of benzene rings is 1. The van der Waals surface area contributed by atoms with E-state index in [-0.39, 0.29) is 11.9 Å². The molecule has 106 valence electrons. The van der Waals surface area contributed by atoms with Crippen molar-refractivity contribution in [3.8, 4) is 0 Å². The SMILES string of the molecule is CCNC(=O)CC(CN)N(C)Cc1ccc(Cl)cc1. The Bertz CT molecular complexity index is 394. The first-order chi connectivity index (χ1) is 9.06. The second kappa shape index (κ2) is 8.15. The number of nitrogens with zero attached hydrogens (tertiary/aromatic N) is 1. The van der Waals surface area contributed by atoms with Crippen LogP contribution in [0.1, 0.15) is 18.9 Å². The van der Waals surface area contributed by atoms with Crippen molar-refractivity contribution in [2.45, 2.75) is 25.9 Å². The Kier molecular flexibility index (Phi) is 6.84. The Labute approximate surface area is 119 Å². The highest BCUT2D eigenvalue weighted by atomic mass is 35.5. The molecule has 3 N–H and O–H groups in total. The summed E-state index contributed by atoms with van der Waals surface area (Å²) in [5.41, 5.74) is 6.91. The van der Waals surface area contributed by atoms with E-state index < -0.39 is 0 Å². The molecule has 1 aromatic carbocycles. The normalized spacial score (nSPS) is 12.5. The van der Waals surface area contributed by atoms with Gasteiger partial charge in [-0.1, -0.05) is 23.7 Å². The average Bonchev–Trinajstić information content (AvgIpc) is 2.39. The minimum atomic E-state index is 0.0425. The number of hydrogen-bond acceptors (Lipinski definition) is 3. The summed E-state index contributed by atoms with van der Waals surface area (Å²) < 4.78 is 0. The fourth-order valence-corrected chi connectivity index (χ4v) is 2.04. The first kappa shape index (κ1) is 16.0. The minimum Gasteiger partial charge on any atom is -0.356 e. The molecule has 0 saturated heterocycles. The number of nitrogens with one attached hydrogen (secondary N) is 1. The maximum Gasteiger partial charge on any atom is 0.221 e. The summed E-state index contributed by atoms with van der Waals surface area (Å²) in [5, 5.41) is 3.52. The van der Waals surface area contributed by atoms with E-state index in [2.05, 4.69) is 10.2 Å². The quantitative estimate of drug-likeness (QED) is 0.800. The second-order valence-corrected chi connectivity index (χ2v) is 5.03. The number of carbonyl (C=O) groups excluding carboxylic acids is 1. The highest BCUT2D eigenvalue weighted by Crippen LogP contribution is 2.12. The molecule has 0 aliphatic heterocycles. The van der Waals surface area contributed by atoms with Crippen molar-refractivity contribution >= 4 is 17.5 Å². The van der Waals surface area contributed by atoms with Gasteiger partial charge in [-0.3, -0.25) is 9.69 Å². The van der Waals surface area contributed by atoms with Crippen molar-refractivity contribution in [2.75, 3.05) is 20.1 Å². The van der Waals surface area contributed by atoms with Crippen LogP contribution in [0.15, 0.2) is 24.3 Å². The number of rotatable bonds is 7. The van der Waals surface area contributed by atoms with Crippen molar-refractivity contribution < 1.29 is 4.79 Å².